The summed E-state index contributed by atoms with van der Waals surface area (Å²) in [6.07, 6.45) is 10.4. The molecule has 1 N–H and O–H groups in total. The third kappa shape index (κ3) is 3.19. The fourth-order valence-corrected chi connectivity index (χ4v) is 3.52. The molecule has 2 aromatic rings. The van der Waals surface area contributed by atoms with Gasteiger partial charge in [-0.1, -0.05) is 67.0 Å². The molecule has 110 valence electrons. The molecule has 1 aliphatic carbocycles. The number of nitrogens with one attached hydrogen (secondary N) is 1. The highest BCUT2D eigenvalue weighted by Gasteiger charge is 2.17. The van der Waals surface area contributed by atoms with Crippen LogP contribution >= 0.6 is 0 Å². The number of hydrogen-bond acceptors (Lipinski definition) is 1. The van der Waals surface area contributed by atoms with Gasteiger partial charge in [0.2, 0.25) is 0 Å². The molecule has 0 aromatic heterocycles. The van der Waals surface area contributed by atoms with E-state index in [0.717, 1.165) is 0 Å². The van der Waals surface area contributed by atoms with Crippen LogP contribution in [0.4, 0.5) is 0 Å². The highest BCUT2D eigenvalue weighted by atomic mass is 14.9. The molecule has 0 amide bonds. The molecule has 2 aromatic carbocycles. The van der Waals surface area contributed by atoms with Crippen molar-refractivity contribution < 1.29 is 0 Å². The van der Waals surface area contributed by atoms with E-state index in [1.807, 2.05) is 0 Å². The molecule has 1 aliphatic rings. The predicted octanol–water partition coefficient (Wildman–Crippen LogP) is 5.38. The summed E-state index contributed by atoms with van der Waals surface area (Å²) in [5.41, 5.74) is 3.00. The summed E-state index contributed by atoms with van der Waals surface area (Å²) >= 11 is 0. The van der Waals surface area contributed by atoms with Crippen molar-refractivity contribution in [3.05, 3.63) is 59.7 Å². The maximum absolute atomic E-state index is 3.56. The first-order valence-electron chi connectivity index (χ1n) is 8.24. The van der Waals surface area contributed by atoms with E-state index in [0.29, 0.717) is 6.04 Å². The molecule has 1 heteroatoms. The molecule has 0 aliphatic heterocycles. The molecule has 0 saturated carbocycles. The number of allylic oxidation sites excluding steroid dienone is 1. The van der Waals surface area contributed by atoms with E-state index in [9.17, 15) is 0 Å². The highest BCUT2D eigenvalue weighted by Crippen LogP contribution is 2.32. The molecule has 0 bridgehead atoms. The Bertz CT molecular complexity index is 621. The van der Waals surface area contributed by atoms with E-state index in [2.05, 4.69) is 60.9 Å². The van der Waals surface area contributed by atoms with Crippen molar-refractivity contribution in [2.45, 2.75) is 44.6 Å². The minimum absolute atomic E-state index is 0.356. The standard InChI is InChI=1S/C20H25N/c1-21-20(17-11-5-3-2-4-6-12-17)19-15-9-13-16-10-7-8-14-18(16)19/h7-11,13-15,20-21H,2-6,12H2,1H3/b17-11+. The topological polar surface area (TPSA) is 12.0 Å². The number of fused-ring (bicyclic) bond motifs is 1. The predicted molar refractivity (Wildman–Crippen MR) is 91.5 cm³/mol. The third-order valence-electron chi connectivity index (χ3n) is 4.62. The smallest absolute Gasteiger partial charge is 0.0539 e. The van der Waals surface area contributed by atoms with E-state index >= 15 is 0 Å². The quantitative estimate of drug-likeness (QED) is 0.744. The van der Waals surface area contributed by atoms with E-state index in [4.69, 9.17) is 0 Å². The monoisotopic (exact) mass is 279 g/mol. The van der Waals surface area contributed by atoms with Crippen molar-refractivity contribution in [3.8, 4) is 0 Å². The molecule has 0 spiro atoms. The lowest BCUT2D eigenvalue weighted by Crippen LogP contribution is -2.19. The second-order valence-corrected chi connectivity index (χ2v) is 6.02. The second kappa shape index (κ2) is 6.91. The van der Waals surface area contributed by atoms with Crippen molar-refractivity contribution >= 4 is 10.8 Å². The SMILES string of the molecule is CNC(/C1=C/CCCCCC1)c1cccc2ccccc12. The average Bonchev–Trinajstić information content (AvgIpc) is 2.50. The van der Waals surface area contributed by atoms with E-state index < -0.39 is 0 Å². The summed E-state index contributed by atoms with van der Waals surface area (Å²) in [4.78, 5) is 0. The van der Waals surface area contributed by atoms with Gasteiger partial charge in [-0.3, -0.25) is 0 Å². The van der Waals surface area contributed by atoms with Gasteiger partial charge < -0.3 is 5.32 Å². The van der Waals surface area contributed by atoms with E-state index in [1.54, 1.807) is 5.57 Å². The molecule has 21 heavy (non-hydrogen) atoms. The van der Waals surface area contributed by atoms with Gasteiger partial charge in [-0.25, -0.2) is 0 Å². The fraction of sp³-hybridized carbons (Fsp3) is 0.400. The van der Waals surface area contributed by atoms with Crippen LogP contribution in [0.3, 0.4) is 0 Å². The number of likely N-dealkylation sites (N-methyl/N-ethyl adjacent to an activating group) is 1. The Morgan fingerprint density at radius 1 is 0.905 bits per heavy atom. The van der Waals surface area contributed by atoms with Gasteiger partial charge in [0.1, 0.15) is 0 Å². The van der Waals surface area contributed by atoms with Gasteiger partial charge in [-0.05, 0) is 49.1 Å². The van der Waals surface area contributed by atoms with Crippen LogP contribution in [0.1, 0.15) is 50.1 Å². The Kier molecular flexibility index (Phi) is 4.72. The van der Waals surface area contributed by atoms with Gasteiger partial charge in [0.05, 0.1) is 6.04 Å². The van der Waals surface area contributed by atoms with Crippen LogP contribution in [-0.4, -0.2) is 7.05 Å². The Labute approximate surface area is 128 Å². The molecule has 0 heterocycles. The molecular weight excluding hydrogens is 254 g/mol. The third-order valence-corrected chi connectivity index (χ3v) is 4.62. The minimum Gasteiger partial charge on any atom is -0.310 e. The summed E-state index contributed by atoms with van der Waals surface area (Å²) in [5, 5.41) is 6.27. The molecule has 0 fully saturated rings. The fourth-order valence-electron chi connectivity index (χ4n) is 3.52. The molecule has 1 unspecified atom stereocenters. The molecule has 1 atom stereocenters. The Balaban J connectivity index is 2.01. The van der Waals surface area contributed by atoms with Crippen LogP contribution < -0.4 is 5.32 Å². The first-order valence-corrected chi connectivity index (χ1v) is 8.24. The lowest BCUT2D eigenvalue weighted by atomic mass is 9.88. The van der Waals surface area contributed by atoms with Crippen molar-refractivity contribution in [2.75, 3.05) is 7.05 Å². The molecular formula is C20H25N. The Hall–Kier alpha value is -1.60. The van der Waals surface area contributed by atoms with Crippen molar-refractivity contribution in [3.63, 3.8) is 0 Å². The number of rotatable bonds is 3. The van der Waals surface area contributed by atoms with Crippen LogP contribution in [0, 0.1) is 0 Å². The summed E-state index contributed by atoms with van der Waals surface area (Å²) in [5.74, 6) is 0. The van der Waals surface area contributed by atoms with Gasteiger partial charge in [-0.2, -0.15) is 0 Å². The van der Waals surface area contributed by atoms with Crippen LogP contribution in [-0.2, 0) is 0 Å². The summed E-state index contributed by atoms with van der Waals surface area (Å²) in [7, 11) is 2.09. The lowest BCUT2D eigenvalue weighted by molar-refractivity contribution is 0.575. The van der Waals surface area contributed by atoms with Crippen LogP contribution in [0.2, 0.25) is 0 Å². The van der Waals surface area contributed by atoms with E-state index in [1.165, 1.54) is 54.9 Å². The number of hydrogen-bond donors (Lipinski definition) is 1. The lowest BCUT2D eigenvalue weighted by Gasteiger charge is -2.23. The van der Waals surface area contributed by atoms with Crippen LogP contribution in [0.25, 0.3) is 10.8 Å². The van der Waals surface area contributed by atoms with Gasteiger partial charge in [0.25, 0.3) is 0 Å². The summed E-state index contributed by atoms with van der Waals surface area (Å²) < 4.78 is 0. The largest absolute Gasteiger partial charge is 0.310 e. The average molecular weight is 279 g/mol. The second-order valence-electron chi connectivity index (χ2n) is 6.02. The van der Waals surface area contributed by atoms with Crippen LogP contribution in [0.5, 0.6) is 0 Å². The molecule has 1 nitrogen and oxygen atoms in total. The first-order chi connectivity index (χ1) is 10.4. The van der Waals surface area contributed by atoms with Crippen molar-refractivity contribution in [2.24, 2.45) is 0 Å². The van der Waals surface area contributed by atoms with Gasteiger partial charge >= 0.3 is 0 Å². The van der Waals surface area contributed by atoms with Crippen molar-refractivity contribution in [1.29, 1.82) is 0 Å². The molecule has 3 rings (SSSR count). The normalized spacial score (nSPS) is 20.3. The zero-order chi connectivity index (χ0) is 14.5. The zero-order valence-electron chi connectivity index (χ0n) is 12.9. The van der Waals surface area contributed by atoms with Gasteiger partial charge in [0, 0.05) is 0 Å². The highest BCUT2D eigenvalue weighted by molar-refractivity contribution is 5.86. The first kappa shape index (κ1) is 14.3. The Morgan fingerprint density at radius 3 is 2.62 bits per heavy atom. The van der Waals surface area contributed by atoms with Gasteiger partial charge in [0.15, 0.2) is 0 Å². The molecule has 0 saturated heterocycles. The zero-order valence-corrected chi connectivity index (χ0v) is 12.9. The molecule has 0 radical (unpaired) electrons. The summed E-state index contributed by atoms with van der Waals surface area (Å²) in [6.45, 7) is 0. The van der Waals surface area contributed by atoms with Crippen molar-refractivity contribution in [1.82, 2.24) is 5.32 Å². The maximum Gasteiger partial charge on any atom is 0.0539 e. The van der Waals surface area contributed by atoms with Crippen LogP contribution in [0.15, 0.2) is 54.1 Å². The minimum atomic E-state index is 0.356. The van der Waals surface area contributed by atoms with Gasteiger partial charge in [-0.15, -0.1) is 0 Å². The maximum atomic E-state index is 3.56. The number of benzene rings is 2. The Morgan fingerprint density at radius 2 is 1.71 bits per heavy atom. The van der Waals surface area contributed by atoms with E-state index in [-0.39, 0.29) is 0 Å². The summed E-state index contributed by atoms with van der Waals surface area (Å²) in [6, 6.07) is 15.7.